The van der Waals surface area contributed by atoms with Gasteiger partial charge in [-0.2, -0.15) is 0 Å². The molecule has 7 aliphatic rings. The van der Waals surface area contributed by atoms with Crippen LogP contribution < -0.4 is 0 Å². The highest BCUT2D eigenvalue weighted by Gasteiger charge is 2.70. The number of ketones is 1. The van der Waals surface area contributed by atoms with E-state index >= 15 is 0 Å². The summed E-state index contributed by atoms with van der Waals surface area (Å²) < 4.78 is 26.0. The van der Waals surface area contributed by atoms with Gasteiger partial charge in [0, 0.05) is 25.2 Å². The molecular formula is C33H52O8. The van der Waals surface area contributed by atoms with Crippen LogP contribution in [0.25, 0.3) is 0 Å². The molecule has 3 saturated heterocycles. The predicted molar refractivity (Wildman–Crippen MR) is 149 cm³/mol. The van der Waals surface area contributed by atoms with Gasteiger partial charge in [0.2, 0.25) is 0 Å². The molecule has 3 unspecified atom stereocenters. The Balaban J connectivity index is 1.17. The highest BCUT2D eigenvalue weighted by Crippen LogP contribution is 2.71. The van der Waals surface area contributed by atoms with E-state index in [1.807, 2.05) is 0 Å². The molecule has 0 aromatic rings. The summed E-state index contributed by atoms with van der Waals surface area (Å²) in [5.41, 5.74) is 0.134. The van der Waals surface area contributed by atoms with Gasteiger partial charge in [0.25, 0.3) is 0 Å². The number of rotatable bonds is 2. The van der Waals surface area contributed by atoms with E-state index in [0.717, 1.165) is 45.1 Å². The van der Waals surface area contributed by atoms with Crippen molar-refractivity contribution in [1.82, 2.24) is 0 Å². The SMILES string of the molecule is CC1CC[C@@]2(OC1)O[C@H]1C[C@H]3[C@@H]4CC(O[C@@H]5O[C@@H](C)[C@H](O)[C@@H](O)[C@H]5O)C5CC(=O)CC[C@]5(C)[C@H]4CC[C@]3(C)[C@H]1[C@@H]2C. The smallest absolute Gasteiger partial charge is 0.186 e. The summed E-state index contributed by atoms with van der Waals surface area (Å²) in [5.74, 6) is 2.80. The molecule has 3 heterocycles. The Kier molecular flexibility index (Phi) is 7.07. The third-order valence-corrected chi connectivity index (χ3v) is 13.9. The second kappa shape index (κ2) is 9.95. The van der Waals surface area contributed by atoms with E-state index in [4.69, 9.17) is 18.9 Å². The monoisotopic (exact) mass is 576 g/mol. The molecule has 0 amide bonds. The molecule has 41 heavy (non-hydrogen) atoms. The molecule has 0 bridgehead atoms. The highest BCUT2D eigenvalue weighted by molar-refractivity contribution is 5.79. The molecule has 8 nitrogen and oxygen atoms in total. The van der Waals surface area contributed by atoms with Crippen LogP contribution in [0.2, 0.25) is 0 Å². The lowest BCUT2D eigenvalue weighted by atomic mass is 9.43. The van der Waals surface area contributed by atoms with Crippen LogP contribution in [0.15, 0.2) is 0 Å². The molecule has 232 valence electrons. The van der Waals surface area contributed by atoms with Crippen LogP contribution in [0.5, 0.6) is 0 Å². The molecule has 17 atom stereocenters. The normalized spacial score (nSPS) is 60.3. The Morgan fingerprint density at radius 3 is 2.39 bits per heavy atom. The Bertz CT molecular complexity index is 1030. The molecule has 7 rings (SSSR count). The molecular weight excluding hydrogens is 524 g/mol. The fraction of sp³-hybridized carbons (Fsp3) is 0.970. The zero-order valence-electron chi connectivity index (χ0n) is 25.5. The first-order chi connectivity index (χ1) is 19.4. The molecule has 0 aromatic carbocycles. The van der Waals surface area contributed by atoms with Gasteiger partial charge < -0.3 is 34.3 Å². The number of ether oxygens (including phenoxy) is 4. The number of hydrogen-bond donors (Lipinski definition) is 3. The van der Waals surface area contributed by atoms with Gasteiger partial charge in [0.15, 0.2) is 12.1 Å². The number of carbonyl (C=O) groups is 1. The first-order valence-corrected chi connectivity index (χ1v) is 16.6. The minimum absolute atomic E-state index is 0.0276. The lowest BCUT2D eigenvalue weighted by Gasteiger charge is -2.62. The minimum Gasteiger partial charge on any atom is -0.388 e. The molecule has 3 aliphatic heterocycles. The van der Waals surface area contributed by atoms with Crippen molar-refractivity contribution in [3.8, 4) is 0 Å². The van der Waals surface area contributed by atoms with Crippen LogP contribution in [-0.4, -0.2) is 76.4 Å². The van der Waals surface area contributed by atoms with Crippen molar-refractivity contribution in [3.63, 3.8) is 0 Å². The van der Waals surface area contributed by atoms with Crippen molar-refractivity contribution in [2.24, 2.45) is 52.3 Å². The number of fused-ring (bicyclic) bond motifs is 7. The van der Waals surface area contributed by atoms with Crippen molar-refractivity contribution < 1.29 is 39.1 Å². The molecule has 0 radical (unpaired) electrons. The quantitative estimate of drug-likeness (QED) is 0.425. The van der Waals surface area contributed by atoms with Crippen LogP contribution in [0.4, 0.5) is 0 Å². The molecule has 8 heteroatoms. The number of aliphatic hydroxyl groups is 3. The Labute approximate surface area is 244 Å². The van der Waals surface area contributed by atoms with Gasteiger partial charge in [-0.15, -0.1) is 0 Å². The summed E-state index contributed by atoms with van der Waals surface area (Å²) in [6.07, 6.45) is 2.81. The van der Waals surface area contributed by atoms with E-state index < -0.39 is 36.5 Å². The molecule has 7 fully saturated rings. The second-order valence-corrected chi connectivity index (χ2v) is 15.8. The van der Waals surface area contributed by atoms with E-state index in [1.165, 1.54) is 6.42 Å². The van der Waals surface area contributed by atoms with E-state index in [2.05, 4.69) is 27.7 Å². The summed E-state index contributed by atoms with van der Waals surface area (Å²) in [4.78, 5) is 12.8. The van der Waals surface area contributed by atoms with Crippen LogP contribution in [-0.2, 0) is 23.7 Å². The minimum atomic E-state index is -1.34. The first-order valence-electron chi connectivity index (χ1n) is 16.6. The number of aliphatic hydroxyl groups excluding tert-OH is 3. The van der Waals surface area contributed by atoms with Crippen molar-refractivity contribution in [2.75, 3.05) is 6.61 Å². The van der Waals surface area contributed by atoms with Gasteiger partial charge in [0.1, 0.15) is 24.1 Å². The predicted octanol–water partition coefficient (Wildman–Crippen LogP) is 3.82. The van der Waals surface area contributed by atoms with Crippen molar-refractivity contribution in [3.05, 3.63) is 0 Å². The van der Waals surface area contributed by atoms with Crippen LogP contribution in [0.1, 0.15) is 92.4 Å². The Hall–Kier alpha value is -0.610. The Morgan fingerprint density at radius 1 is 0.878 bits per heavy atom. The van der Waals surface area contributed by atoms with Gasteiger partial charge in [-0.05, 0) is 91.8 Å². The van der Waals surface area contributed by atoms with E-state index in [-0.39, 0.29) is 29.0 Å². The van der Waals surface area contributed by atoms with E-state index in [9.17, 15) is 20.1 Å². The zero-order chi connectivity index (χ0) is 29.1. The van der Waals surface area contributed by atoms with Crippen LogP contribution in [0, 0.1) is 52.3 Å². The van der Waals surface area contributed by atoms with E-state index in [0.29, 0.717) is 54.1 Å². The molecule has 4 saturated carbocycles. The fourth-order valence-corrected chi connectivity index (χ4v) is 11.5. The number of hydrogen-bond acceptors (Lipinski definition) is 8. The standard InChI is InChI=1S/C33H52O8/c1-16-6-11-33(38-15-16)17(2)26-25(41-33)14-22-20-13-24(40-30-29(37)28(36)27(35)18(3)39-30)23-12-19(34)7-9-31(23,4)21(20)8-10-32(22,26)5/h16-18,20-30,35-37H,6-15H2,1-5H3/t16?,17-,18-,20+,21-,22-,23?,24?,25-,26-,27-,28+,29+,30-,31+,32-,33+/m0/s1. The van der Waals surface area contributed by atoms with E-state index in [1.54, 1.807) is 6.92 Å². The van der Waals surface area contributed by atoms with Gasteiger partial charge in [-0.1, -0.05) is 27.7 Å². The average Bonchev–Trinajstić information content (AvgIpc) is 3.38. The number of carbonyl (C=O) groups excluding carboxylic acids is 1. The maximum atomic E-state index is 12.8. The lowest BCUT2D eigenvalue weighted by Crippen LogP contribution is -2.62. The van der Waals surface area contributed by atoms with Crippen molar-refractivity contribution in [1.29, 1.82) is 0 Å². The van der Waals surface area contributed by atoms with Gasteiger partial charge in [-0.25, -0.2) is 0 Å². The topological polar surface area (TPSA) is 115 Å². The Morgan fingerprint density at radius 2 is 1.66 bits per heavy atom. The van der Waals surface area contributed by atoms with Gasteiger partial charge in [0.05, 0.1) is 24.9 Å². The van der Waals surface area contributed by atoms with Crippen LogP contribution >= 0.6 is 0 Å². The lowest BCUT2D eigenvalue weighted by molar-refractivity contribution is -0.320. The highest BCUT2D eigenvalue weighted by atomic mass is 16.7. The van der Waals surface area contributed by atoms with Gasteiger partial charge >= 0.3 is 0 Å². The third-order valence-electron chi connectivity index (χ3n) is 13.9. The summed E-state index contributed by atoms with van der Waals surface area (Å²) in [5, 5.41) is 31.5. The summed E-state index contributed by atoms with van der Waals surface area (Å²) >= 11 is 0. The van der Waals surface area contributed by atoms with Crippen LogP contribution in [0.3, 0.4) is 0 Å². The molecule has 4 aliphatic carbocycles. The maximum absolute atomic E-state index is 12.8. The largest absolute Gasteiger partial charge is 0.388 e. The maximum Gasteiger partial charge on any atom is 0.186 e. The fourth-order valence-electron chi connectivity index (χ4n) is 11.5. The molecule has 3 N–H and O–H groups in total. The molecule has 0 aromatic heterocycles. The summed E-state index contributed by atoms with van der Waals surface area (Å²) in [7, 11) is 0. The third kappa shape index (κ3) is 4.21. The van der Waals surface area contributed by atoms with Crippen molar-refractivity contribution >= 4 is 5.78 Å². The molecule has 1 spiro atoms. The van der Waals surface area contributed by atoms with Gasteiger partial charge in [-0.3, -0.25) is 4.79 Å². The number of Topliss-reactive ketones (excluding diaryl/α,β-unsaturated/α-hetero) is 1. The average molecular weight is 577 g/mol. The first kappa shape index (κ1) is 29.1. The summed E-state index contributed by atoms with van der Waals surface area (Å²) in [6, 6.07) is 0. The van der Waals surface area contributed by atoms with Crippen molar-refractivity contribution in [2.45, 2.75) is 141 Å². The zero-order valence-corrected chi connectivity index (χ0v) is 25.5. The second-order valence-electron chi connectivity index (χ2n) is 15.8. The summed E-state index contributed by atoms with van der Waals surface area (Å²) in [6.45, 7) is 12.0.